The molecule has 3 N–H and O–H groups in total. The van der Waals surface area contributed by atoms with Gasteiger partial charge >= 0.3 is 0 Å². The summed E-state index contributed by atoms with van der Waals surface area (Å²) in [7, 11) is 0. The van der Waals surface area contributed by atoms with E-state index in [9.17, 15) is 4.79 Å². The SMILES string of the molecule is CCCNC(=O)CN(CCN)C1CC1. The monoisotopic (exact) mass is 199 g/mol. The molecule has 0 aromatic heterocycles. The van der Waals surface area contributed by atoms with E-state index in [2.05, 4.69) is 17.1 Å². The Hall–Kier alpha value is -0.610. The molecule has 0 saturated heterocycles. The molecule has 1 rings (SSSR count). The largest absolute Gasteiger partial charge is 0.355 e. The number of carbonyl (C=O) groups excluding carboxylic acids is 1. The molecular formula is C10H21N3O. The molecule has 0 spiro atoms. The molecule has 1 amide bonds. The Morgan fingerprint density at radius 2 is 2.29 bits per heavy atom. The van der Waals surface area contributed by atoms with Gasteiger partial charge in [0.25, 0.3) is 0 Å². The molecule has 0 radical (unpaired) electrons. The zero-order chi connectivity index (χ0) is 10.4. The molecular weight excluding hydrogens is 178 g/mol. The Labute approximate surface area is 85.8 Å². The average molecular weight is 199 g/mol. The van der Waals surface area contributed by atoms with Crippen LogP contribution in [0.15, 0.2) is 0 Å². The van der Waals surface area contributed by atoms with E-state index >= 15 is 0 Å². The summed E-state index contributed by atoms with van der Waals surface area (Å²) in [4.78, 5) is 13.6. The Balaban J connectivity index is 2.20. The highest BCUT2D eigenvalue weighted by atomic mass is 16.2. The van der Waals surface area contributed by atoms with Crippen molar-refractivity contribution in [2.24, 2.45) is 5.73 Å². The minimum atomic E-state index is 0.132. The fourth-order valence-electron chi connectivity index (χ4n) is 1.50. The molecule has 0 atom stereocenters. The molecule has 1 saturated carbocycles. The van der Waals surface area contributed by atoms with E-state index in [1.165, 1.54) is 12.8 Å². The van der Waals surface area contributed by atoms with Crippen LogP contribution in [0.3, 0.4) is 0 Å². The first kappa shape index (κ1) is 11.5. The standard InChI is InChI=1S/C10H21N3O/c1-2-6-12-10(14)8-13(7-5-11)9-3-4-9/h9H,2-8,11H2,1H3,(H,12,14). The van der Waals surface area contributed by atoms with Crippen LogP contribution < -0.4 is 11.1 Å². The van der Waals surface area contributed by atoms with Gasteiger partial charge < -0.3 is 11.1 Å². The third kappa shape index (κ3) is 4.07. The van der Waals surface area contributed by atoms with Crippen molar-refractivity contribution in [1.82, 2.24) is 10.2 Å². The molecule has 4 heteroatoms. The first-order valence-electron chi connectivity index (χ1n) is 5.48. The first-order valence-corrected chi connectivity index (χ1v) is 5.48. The minimum Gasteiger partial charge on any atom is -0.355 e. The molecule has 4 nitrogen and oxygen atoms in total. The lowest BCUT2D eigenvalue weighted by Gasteiger charge is -2.20. The minimum absolute atomic E-state index is 0.132. The Kier molecular flexibility index (Phi) is 4.90. The smallest absolute Gasteiger partial charge is 0.234 e. The van der Waals surface area contributed by atoms with Crippen molar-refractivity contribution in [3.63, 3.8) is 0 Å². The van der Waals surface area contributed by atoms with E-state index in [0.717, 1.165) is 19.5 Å². The van der Waals surface area contributed by atoms with Crippen LogP contribution >= 0.6 is 0 Å². The van der Waals surface area contributed by atoms with Gasteiger partial charge in [0.05, 0.1) is 6.54 Å². The lowest BCUT2D eigenvalue weighted by atomic mass is 10.4. The number of nitrogens with zero attached hydrogens (tertiary/aromatic N) is 1. The lowest BCUT2D eigenvalue weighted by molar-refractivity contribution is -0.122. The third-order valence-corrected chi connectivity index (χ3v) is 2.40. The van der Waals surface area contributed by atoms with Crippen molar-refractivity contribution >= 4 is 5.91 Å². The van der Waals surface area contributed by atoms with Gasteiger partial charge in [-0.25, -0.2) is 0 Å². The molecule has 1 fully saturated rings. The number of hydrogen-bond acceptors (Lipinski definition) is 3. The van der Waals surface area contributed by atoms with Gasteiger partial charge in [-0.15, -0.1) is 0 Å². The van der Waals surface area contributed by atoms with Crippen LogP contribution in [0, 0.1) is 0 Å². The topological polar surface area (TPSA) is 58.4 Å². The molecule has 0 aliphatic heterocycles. The molecule has 0 aromatic rings. The van der Waals surface area contributed by atoms with Gasteiger partial charge in [0, 0.05) is 25.7 Å². The molecule has 1 aliphatic carbocycles. The van der Waals surface area contributed by atoms with Crippen molar-refractivity contribution in [2.75, 3.05) is 26.2 Å². The Bertz CT molecular complexity index is 180. The van der Waals surface area contributed by atoms with E-state index < -0.39 is 0 Å². The van der Waals surface area contributed by atoms with Crippen LogP contribution in [0.2, 0.25) is 0 Å². The first-order chi connectivity index (χ1) is 6.77. The summed E-state index contributed by atoms with van der Waals surface area (Å²) in [6, 6.07) is 0.617. The van der Waals surface area contributed by atoms with Gasteiger partial charge in [0.15, 0.2) is 0 Å². The van der Waals surface area contributed by atoms with E-state index in [0.29, 0.717) is 19.1 Å². The second kappa shape index (κ2) is 5.98. The highest BCUT2D eigenvalue weighted by Gasteiger charge is 2.29. The summed E-state index contributed by atoms with van der Waals surface area (Å²) >= 11 is 0. The molecule has 0 heterocycles. The molecule has 82 valence electrons. The average Bonchev–Trinajstić information content (AvgIpc) is 2.97. The van der Waals surface area contributed by atoms with Crippen molar-refractivity contribution in [2.45, 2.75) is 32.2 Å². The van der Waals surface area contributed by atoms with Crippen molar-refractivity contribution in [3.8, 4) is 0 Å². The normalized spacial score (nSPS) is 15.9. The van der Waals surface area contributed by atoms with Crippen molar-refractivity contribution in [1.29, 1.82) is 0 Å². The van der Waals surface area contributed by atoms with Gasteiger partial charge in [-0.05, 0) is 19.3 Å². The van der Waals surface area contributed by atoms with Gasteiger partial charge in [-0.1, -0.05) is 6.92 Å². The van der Waals surface area contributed by atoms with Crippen LogP contribution in [0.1, 0.15) is 26.2 Å². The number of nitrogens with one attached hydrogen (secondary N) is 1. The maximum atomic E-state index is 11.4. The number of rotatable bonds is 7. The van der Waals surface area contributed by atoms with Crippen LogP contribution in [-0.4, -0.2) is 43.0 Å². The number of nitrogens with two attached hydrogens (primary N) is 1. The molecule has 1 aliphatic rings. The molecule has 14 heavy (non-hydrogen) atoms. The van der Waals surface area contributed by atoms with Gasteiger partial charge in [0.1, 0.15) is 0 Å². The second-order valence-corrected chi connectivity index (χ2v) is 3.84. The quantitative estimate of drug-likeness (QED) is 0.604. The summed E-state index contributed by atoms with van der Waals surface area (Å²) in [5.41, 5.74) is 5.50. The third-order valence-electron chi connectivity index (χ3n) is 2.40. The zero-order valence-corrected chi connectivity index (χ0v) is 8.96. The maximum absolute atomic E-state index is 11.4. The van der Waals surface area contributed by atoms with Crippen molar-refractivity contribution in [3.05, 3.63) is 0 Å². The summed E-state index contributed by atoms with van der Waals surface area (Å²) < 4.78 is 0. The molecule has 0 aromatic carbocycles. The highest BCUT2D eigenvalue weighted by Crippen LogP contribution is 2.25. The van der Waals surface area contributed by atoms with Gasteiger partial charge in [-0.2, -0.15) is 0 Å². The number of hydrogen-bond donors (Lipinski definition) is 2. The van der Waals surface area contributed by atoms with E-state index in [1.807, 2.05) is 0 Å². The summed E-state index contributed by atoms with van der Waals surface area (Å²) in [6.07, 6.45) is 3.44. The zero-order valence-electron chi connectivity index (χ0n) is 8.96. The van der Waals surface area contributed by atoms with Crippen LogP contribution in [-0.2, 0) is 4.79 Å². The van der Waals surface area contributed by atoms with Gasteiger partial charge in [-0.3, -0.25) is 9.69 Å². The maximum Gasteiger partial charge on any atom is 0.234 e. The predicted molar refractivity (Wildman–Crippen MR) is 57.0 cm³/mol. The highest BCUT2D eigenvalue weighted by molar-refractivity contribution is 5.78. The summed E-state index contributed by atoms with van der Waals surface area (Å²) in [5, 5.41) is 2.88. The fraction of sp³-hybridized carbons (Fsp3) is 0.900. The molecule has 0 bridgehead atoms. The van der Waals surface area contributed by atoms with E-state index in [-0.39, 0.29) is 5.91 Å². The lowest BCUT2D eigenvalue weighted by Crippen LogP contribution is -2.40. The van der Waals surface area contributed by atoms with Crippen LogP contribution in [0.5, 0.6) is 0 Å². The van der Waals surface area contributed by atoms with Crippen LogP contribution in [0.4, 0.5) is 0 Å². The Morgan fingerprint density at radius 1 is 1.57 bits per heavy atom. The Morgan fingerprint density at radius 3 is 2.79 bits per heavy atom. The molecule has 0 unspecified atom stereocenters. The number of carbonyl (C=O) groups is 1. The van der Waals surface area contributed by atoms with E-state index in [1.54, 1.807) is 0 Å². The summed E-state index contributed by atoms with van der Waals surface area (Å²) in [5.74, 6) is 0.132. The number of amides is 1. The predicted octanol–water partition coefficient (Wildman–Crippen LogP) is -0.0643. The van der Waals surface area contributed by atoms with E-state index in [4.69, 9.17) is 5.73 Å². The van der Waals surface area contributed by atoms with Gasteiger partial charge in [0.2, 0.25) is 5.91 Å². The van der Waals surface area contributed by atoms with Crippen LogP contribution in [0.25, 0.3) is 0 Å². The van der Waals surface area contributed by atoms with Crippen molar-refractivity contribution < 1.29 is 4.79 Å². The summed E-state index contributed by atoms with van der Waals surface area (Å²) in [6.45, 7) is 4.82. The fourth-order valence-corrected chi connectivity index (χ4v) is 1.50. The second-order valence-electron chi connectivity index (χ2n) is 3.84.